The van der Waals surface area contributed by atoms with E-state index in [2.05, 4.69) is 10.6 Å². The largest absolute Gasteiger partial charge is 0.506 e. The molecule has 0 fully saturated rings. The molecule has 25 heavy (non-hydrogen) atoms. The Morgan fingerprint density at radius 1 is 1.04 bits per heavy atom. The fourth-order valence-corrected chi connectivity index (χ4v) is 2.12. The lowest BCUT2D eigenvalue weighted by Crippen LogP contribution is -2.29. The fraction of sp³-hybridized carbons (Fsp3) is 0.118. The van der Waals surface area contributed by atoms with Crippen molar-refractivity contribution in [1.29, 1.82) is 0 Å². The van der Waals surface area contributed by atoms with Gasteiger partial charge in [-0.3, -0.25) is 9.59 Å². The van der Waals surface area contributed by atoms with Crippen molar-refractivity contribution in [3.8, 4) is 5.75 Å². The van der Waals surface area contributed by atoms with E-state index in [-0.39, 0.29) is 34.3 Å². The van der Waals surface area contributed by atoms with Gasteiger partial charge in [-0.25, -0.2) is 4.79 Å². The van der Waals surface area contributed by atoms with Crippen molar-refractivity contribution in [1.82, 2.24) is 0 Å². The first-order valence-electron chi connectivity index (χ1n) is 7.29. The number of amides is 2. The van der Waals surface area contributed by atoms with Crippen LogP contribution in [0.2, 0.25) is 5.02 Å². The second kappa shape index (κ2) is 8.16. The maximum atomic E-state index is 12.1. The van der Waals surface area contributed by atoms with E-state index in [1.807, 2.05) is 0 Å². The first-order valence-corrected chi connectivity index (χ1v) is 7.67. The van der Waals surface area contributed by atoms with Gasteiger partial charge in [0.25, 0.3) is 0 Å². The molecule has 2 rings (SSSR count). The van der Waals surface area contributed by atoms with Crippen LogP contribution < -0.4 is 10.6 Å². The molecule has 0 spiro atoms. The van der Waals surface area contributed by atoms with E-state index < -0.39 is 17.8 Å². The third-order valence-corrected chi connectivity index (χ3v) is 3.32. The third kappa shape index (κ3) is 4.71. The van der Waals surface area contributed by atoms with Gasteiger partial charge in [-0.1, -0.05) is 23.7 Å². The molecule has 2 amide bonds. The lowest BCUT2D eigenvalue weighted by Gasteiger charge is -2.11. The Kier molecular flexibility index (Phi) is 5.97. The summed E-state index contributed by atoms with van der Waals surface area (Å²) in [6.07, 6.45) is 0. The number of phenolic OH excluding ortho intramolecular Hbond substituents is 1. The average Bonchev–Trinajstić information content (AvgIpc) is 2.58. The number of benzene rings is 2. The number of rotatable bonds is 4. The highest BCUT2D eigenvalue weighted by Gasteiger charge is 2.19. The summed E-state index contributed by atoms with van der Waals surface area (Å²) in [5.74, 6) is -2.91. The van der Waals surface area contributed by atoms with Crippen molar-refractivity contribution in [3.05, 3.63) is 53.1 Å². The molecule has 2 aromatic rings. The van der Waals surface area contributed by atoms with E-state index in [9.17, 15) is 19.5 Å². The zero-order valence-electron chi connectivity index (χ0n) is 13.2. The Morgan fingerprint density at radius 3 is 2.36 bits per heavy atom. The van der Waals surface area contributed by atoms with Gasteiger partial charge in [0.1, 0.15) is 5.75 Å². The Morgan fingerprint density at radius 2 is 1.68 bits per heavy atom. The molecule has 0 aliphatic carbocycles. The van der Waals surface area contributed by atoms with Crippen molar-refractivity contribution < 1.29 is 24.2 Å². The lowest BCUT2D eigenvalue weighted by molar-refractivity contribution is -0.133. The van der Waals surface area contributed by atoms with Gasteiger partial charge in [0.05, 0.1) is 23.5 Å². The molecule has 0 saturated carbocycles. The van der Waals surface area contributed by atoms with Crippen molar-refractivity contribution in [2.75, 3.05) is 17.2 Å². The highest BCUT2D eigenvalue weighted by molar-refractivity contribution is 6.44. The molecular weight excluding hydrogens is 348 g/mol. The molecule has 3 N–H and O–H groups in total. The molecule has 0 aliphatic rings. The third-order valence-electron chi connectivity index (χ3n) is 3.08. The molecule has 0 heterocycles. The van der Waals surface area contributed by atoms with Crippen LogP contribution in [0.4, 0.5) is 11.4 Å². The topological polar surface area (TPSA) is 105 Å². The number of halogens is 1. The zero-order chi connectivity index (χ0) is 18.4. The van der Waals surface area contributed by atoms with Crippen LogP contribution in [0.25, 0.3) is 0 Å². The van der Waals surface area contributed by atoms with E-state index in [4.69, 9.17) is 16.3 Å². The van der Waals surface area contributed by atoms with Crippen molar-refractivity contribution in [2.24, 2.45) is 0 Å². The number of para-hydroxylation sites is 1. The predicted molar refractivity (Wildman–Crippen MR) is 92.8 cm³/mol. The summed E-state index contributed by atoms with van der Waals surface area (Å²) >= 11 is 5.78. The minimum absolute atomic E-state index is 0.00803. The summed E-state index contributed by atoms with van der Waals surface area (Å²) in [7, 11) is 0. The van der Waals surface area contributed by atoms with Gasteiger partial charge in [-0.05, 0) is 37.3 Å². The van der Waals surface area contributed by atoms with Gasteiger partial charge in [-0.2, -0.15) is 0 Å². The smallest absolute Gasteiger partial charge is 0.340 e. The summed E-state index contributed by atoms with van der Waals surface area (Å²) in [6, 6.07) is 10.1. The first-order chi connectivity index (χ1) is 11.9. The number of ether oxygens (including phenoxy) is 1. The van der Waals surface area contributed by atoms with Crippen LogP contribution in [-0.2, 0) is 14.3 Å². The Labute approximate surface area is 148 Å². The number of hydrogen-bond acceptors (Lipinski definition) is 5. The van der Waals surface area contributed by atoms with Crippen LogP contribution in [0.15, 0.2) is 42.5 Å². The second-order valence-electron chi connectivity index (χ2n) is 4.84. The summed E-state index contributed by atoms with van der Waals surface area (Å²) in [5, 5.41) is 14.5. The molecule has 8 heteroatoms. The van der Waals surface area contributed by atoms with E-state index >= 15 is 0 Å². The molecule has 7 nitrogen and oxygen atoms in total. The standard InChI is InChI=1S/C17H15ClN2O5/c1-2-25-17(24)11-5-3-4-6-12(11)19-15(22)16(23)20-13-9-10(18)7-8-14(13)21/h3-9,21H,2H2,1H3,(H,19,22)(H,20,23). The predicted octanol–water partition coefficient (Wildman–Crippen LogP) is 2.80. The highest BCUT2D eigenvalue weighted by Crippen LogP contribution is 2.26. The van der Waals surface area contributed by atoms with Crippen LogP contribution in [0.1, 0.15) is 17.3 Å². The van der Waals surface area contributed by atoms with Crippen molar-refractivity contribution in [2.45, 2.75) is 6.92 Å². The molecule has 0 aromatic heterocycles. The summed E-state index contributed by atoms with van der Waals surface area (Å²) in [5.41, 5.74) is 0.249. The number of esters is 1. The Bertz CT molecular complexity index is 822. The SMILES string of the molecule is CCOC(=O)c1ccccc1NC(=O)C(=O)Nc1cc(Cl)ccc1O. The van der Waals surface area contributed by atoms with E-state index in [0.29, 0.717) is 0 Å². The molecule has 0 unspecified atom stereocenters. The van der Waals surface area contributed by atoms with Crippen molar-refractivity contribution >= 4 is 40.8 Å². The Balaban J connectivity index is 2.13. The van der Waals surface area contributed by atoms with Crippen LogP contribution >= 0.6 is 11.6 Å². The lowest BCUT2D eigenvalue weighted by atomic mass is 10.2. The monoisotopic (exact) mass is 362 g/mol. The maximum absolute atomic E-state index is 12.1. The number of nitrogens with one attached hydrogen (secondary N) is 2. The van der Waals surface area contributed by atoms with Crippen LogP contribution in [0, 0.1) is 0 Å². The zero-order valence-corrected chi connectivity index (χ0v) is 14.0. The molecule has 0 saturated heterocycles. The molecular formula is C17H15ClN2O5. The molecule has 0 radical (unpaired) electrons. The quantitative estimate of drug-likeness (QED) is 0.440. The normalized spacial score (nSPS) is 10.0. The van der Waals surface area contributed by atoms with E-state index in [1.54, 1.807) is 19.1 Å². The van der Waals surface area contributed by atoms with Crippen LogP contribution in [0.5, 0.6) is 5.75 Å². The fourth-order valence-electron chi connectivity index (χ4n) is 1.95. The minimum Gasteiger partial charge on any atom is -0.506 e. The number of hydrogen-bond donors (Lipinski definition) is 3. The first kappa shape index (κ1) is 18.3. The molecule has 2 aromatic carbocycles. The average molecular weight is 363 g/mol. The van der Waals surface area contributed by atoms with Crippen LogP contribution in [0.3, 0.4) is 0 Å². The van der Waals surface area contributed by atoms with Gasteiger partial charge in [0.15, 0.2) is 0 Å². The summed E-state index contributed by atoms with van der Waals surface area (Å²) in [6.45, 7) is 1.83. The summed E-state index contributed by atoms with van der Waals surface area (Å²) in [4.78, 5) is 35.9. The van der Waals surface area contributed by atoms with Gasteiger partial charge >= 0.3 is 17.8 Å². The number of carbonyl (C=O) groups is 3. The Hall–Kier alpha value is -3.06. The van der Waals surface area contributed by atoms with Crippen molar-refractivity contribution in [3.63, 3.8) is 0 Å². The highest BCUT2D eigenvalue weighted by atomic mass is 35.5. The second-order valence-corrected chi connectivity index (χ2v) is 5.27. The van der Waals surface area contributed by atoms with E-state index in [1.165, 1.54) is 30.3 Å². The van der Waals surface area contributed by atoms with Gasteiger partial charge in [0.2, 0.25) is 0 Å². The molecule has 130 valence electrons. The minimum atomic E-state index is -1.03. The van der Waals surface area contributed by atoms with Gasteiger partial charge in [-0.15, -0.1) is 0 Å². The molecule has 0 bridgehead atoms. The molecule has 0 aliphatic heterocycles. The number of anilines is 2. The molecule has 0 atom stereocenters. The number of phenols is 1. The number of carbonyl (C=O) groups excluding carboxylic acids is 3. The maximum Gasteiger partial charge on any atom is 0.340 e. The summed E-state index contributed by atoms with van der Waals surface area (Å²) < 4.78 is 4.90. The van der Waals surface area contributed by atoms with Crippen LogP contribution in [-0.4, -0.2) is 29.5 Å². The van der Waals surface area contributed by atoms with E-state index in [0.717, 1.165) is 0 Å². The number of aromatic hydroxyl groups is 1. The van der Waals surface area contributed by atoms with Gasteiger partial charge < -0.3 is 20.5 Å². The van der Waals surface area contributed by atoms with Gasteiger partial charge in [0, 0.05) is 5.02 Å².